The average Bonchev–Trinajstić information content (AvgIpc) is 3.62. The van der Waals surface area contributed by atoms with Gasteiger partial charge in [-0.1, -0.05) is 54.9 Å². The Morgan fingerprint density at radius 1 is 0.882 bits per heavy atom. The van der Waals surface area contributed by atoms with Crippen molar-refractivity contribution in [2.24, 2.45) is 23.7 Å². The number of rotatable bonds is 9. The molecule has 386 valence electrons. The molecule has 5 rings (SSSR count). The molecule has 5 saturated heterocycles. The van der Waals surface area contributed by atoms with Crippen LogP contribution in [0.1, 0.15) is 127 Å². The largest absolute Gasteiger partial charge is 0.458 e. The second kappa shape index (κ2) is 21.5. The van der Waals surface area contributed by atoms with Crippen molar-refractivity contribution < 1.29 is 73.9 Å². The zero-order valence-electron chi connectivity index (χ0n) is 41.1. The van der Waals surface area contributed by atoms with Gasteiger partial charge >= 0.3 is 5.97 Å². The van der Waals surface area contributed by atoms with E-state index in [-0.39, 0.29) is 67.8 Å². The minimum absolute atomic E-state index is 0.0101. The number of hydroxylamine groups is 4. The van der Waals surface area contributed by atoms with Gasteiger partial charge in [-0.15, -0.1) is 0 Å². The number of hydrogen-bond acceptors (Lipinski definition) is 17. The summed E-state index contributed by atoms with van der Waals surface area (Å²) in [5.41, 5.74) is 0.710. The molecule has 68 heavy (non-hydrogen) atoms. The minimum Gasteiger partial charge on any atom is -0.458 e. The van der Waals surface area contributed by atoms with Gasteiger partial charge in [0.25, 0.3) is 29.5 Å². The first-order valence-electron chi connectivity index (χ1n) is 24.2. The molecule has 0 spiro atoms. The molecule has 23 heteroatoms. The highest BCUT2D eigenvalue weighted by Gasteiger charge is 2.59. The first kappa shape index (κ1) is 54.9. The first-order chi connectivity index (χ1) is 31.6. The highest BCUT2D eigenvalue weighted by atomic mass is 16.7. The summed E-state index contributed by atoms with van der Waals surface area (Å²) < 4.78 is 12.2. The lowest BCUT2D eigenvalue weighted by atomic mass is 9.78. The molecule has 5 aliphatic heterocycles. The zero-order valence-corrected chi connectivity index (χ0v) is 41.1. The molecule has 0 unspecified atom stereocenters. The standard InChI is InChI=1S/C45H76N8O15/c1-11-25(7)20-27-15-16-45(64,68-31(27)12-2)44(10,63)42(61)48-32-34(24(5)6)67-41(60)33(23(3)4)53(66)40(59)35-43(9,62)17-19-49(35)37(56)30-21-28(54)22-47-51(30)36(55)26(8)52(65)38(57)29-14-13-18-46-50(29)39(32)58/h23-35,46-47,54,62-66H,11-22H2,1-10H3,(H,48,61)/t25-,26-,27+,28+,29+,30+,31+,32-,33-,34-,35+,43+,44+,45+/m0/s1/i41+1. The van der Waals surface area contributed by atoms with Crippen LogP contribution in [0.15, 0.2) is 0 Å². The molecule has 6 amide bonds. The number of aliphatic hydroxyl groups excluding tert-OH is 1. The van der Waals surface area contributed by atoms with E-state index < -0.39 is 125 Å². The monoisotopic (exact) mass is 970 g/mol. The van der Waals surface area contributed by atoms with Gasteiger partial charge in [-0.2, -0.15) is 0 Å². The quantitative estimate of drug-likeness (QED) is 0.0784. The summed E-state index contributed by atoms with van der Waals surface area (Å²) in [6, 6.07) is -10.6. The van der Waals surface area contributed by atoms with Crippen molar-refractivity contribution in [1.82, 2.24) is 41.2 Å². The summed E-state index contributed by atoms with van der Waals surface area (Å²) in [5, 5.41) is 73.8. The Balaban J connectivity index is 1.62. The number of esters is 1. The number of β-amino-alcohol motifs (C(OH)–C–C–N with tert-alkyl or cyclic N) is 1. The van der Waals surface area contributed by atoms with Crippen molar-refractivity contribution in [3.05, 3.63) is 0 Å². The Morgan fingerprint density at radius 2 is 1.53 bits per heavy atom. The fourth-order valence-electron chi connectivity index (χ4n) is 10.1. The number of carbonyl (C=O) groups excluding carboxylic acids is 7. The third kappa shape index (κ3) is 10.8. The molecule has 9 N–H and O–H groups in total. The maximum absolute atomic E-state index is 15.1. The van der Waals surface area contributed by atoms with E-state index in [0.29, 0.717) is 18.8 Å². The summed E-state index contributed by atoms with van der Waals surface area (Å²) >= 11 is 0. The second-order valence-corrected chi connectivity index (χ2v) is 20.6. The minimum atomic E-state index is -2.76. The molecule has 23 nitrogen and oxygen atoms in total. The summed E-state index contributed by atoms with van der Waals surface area (Å²) in [4.78, 5) is 103. The Kier molecular flexibility index (Phi) is 17.4. The average molecular weight is 970 g/mol. The number of amides is 6. The number of fused-ring (bicyclic) bond motifs is 3. The summed E-state index contributed by atoms with van der Waals surface area (Å²) in [5.74, 6) is -12.1. The van der Waals surface area contributed by atoms with Gasteiger partial charge in [-0.25, -0.2) is 25.8 Å². The van der Waals surface area contributed by atoms with Gasteiger partial charge < -0.3 is 40.1 Å². The number of aliphatic hydroxyl groups is 4. The van der Waals surface area contributed by atoms with Crippen LogP contribution in [0.2, 0.25) is 0 Å². The lowest BCUT2D eigenvalue weighted by Gasteiger charge is -2.48. The van der Waals surface area contributed by atoms with Crippen molar-refractivity contribution in [3.63, 3.8) is 0 Å². The van der Waals surface area contributed by atoms with Crippen molar-refractivity contribution in [3.8, 4) is 0 Å². The second-order valence-electron chi connectivity index (χ2n) is 20.6. The van der Waals surface area contributed by atoms with E-state index in [1.165, 1.54) is 34.6 Å². The van der Waals surface area contributed by atoms with Gasteiger partial charge in [0.05, 0.1) is 17.8 Å². The van der Waals surface area contributed by atoms with Gasteiger partial charge in [-0.05, 0) is 83.0 Å². The van der Waals surface area contributed by atoms with Gasteiger partial charge in [0.2, 0.25) is 11.7 Å². The maximum Gasteiger partial charge on any atom is 0.332 e. The Bertz CT molecular complexity index is 1890. The van der Waals surface area contributed by atoms with Crippen molar-refractivity contribution in [2.45, 2.75) is 199 Å². The molecule has 0 aliphatic carbocycles. The number of nitrogens with one attached hydrogen (secondary N) is 3. The van der Waals surface area contributed by atoms with E-state index in [1.807, 2.05) is 6.92 Å². The predicted molar refractivity (Wildman–Crippen MR) is 237 cm³/mol. The van der Waals surface area contributed by atoms with Crippen LogP contribution in [-0.2, 0) is 43.0 Å². The summed E-state index contributed by atoms with van der Waals surface area (Å²) in [7, 11) is 0. The van der Waals surface area contributed by atoms with E-state index in [2.05, 4.69) is 30.0 Å². The summed E-state index contributed by atoms with van der Waals surface area (Å²) in [6.07, 6.45) is -1.48. The van der Waals surface area contributed by atoms with Crippen LogP contribution < -0.4 is 16.2 Å². The molecular weight excluding hydrogens is 894 g/mol. The molecule has 0 aromatic carbocycles. The third-order valence-corrected chi connectivity index (χ3v) is 14.7. The number of carbonyl (C=O) groups is 7. The van der Waals surface area contributed by atoms with E-state index in [9.17, 15) is 59.6 Å². The number of ether oxygens (including phenoxy) is 2. The lowest BCUT2D eigenvalue weighted by molar-refractivity contribution is -0.329. The van der Waals surface area contributed by atoms with Crippen LogP contribution in [0.3, 0.4) is 0 Å². The molecule has 0 bridgehead atoms. The molecule has 0 saturated carbocycles. The van der Waals surface area contributed by atoms with Crippen molar-refractivity contribution in [1.29, 1.82) is 0 Å². The molecule has 5 heterocycles. The molecule has 0 aromatic heterocycles. The Morgan fingerprint density at radius 3 is 2.13 bits per heavy atom. The maximum atomic E-state index is 15.1. The van der Waals surface area contributed by atoms with E-state index in [1.54, 1.807) is 0 Å². The van der Waals surface area contributed by atoms with Gasteiger partial charge in [0.1, 0.15) is 36.3 Å². The fraction of sp³-hybridized carbons (Fsp3) is 0.844. The Labute approximate surface area is 397 Å². The van der Waals surface area contributed by atoms with E-state index in [4.69, 9.17) is 9.47 Å². The van der Waals surface area contributed by atoms with Crippen LogP contribution in [0, 0.1) is 23.7 Å². The summed E-state index contributed by atoms with van der Waals surface area (Å²) in [6.45, 7) is 15.0. The number of hydrazine groups is 2. The van der Waals surface area contributed by atoms with Crippen LogP contribution in [-0.4, -0.2) is 188 Å². The lowest BCUT2D eigenvalue weighted by Crippen LogP contribution is -2.70. The van der Waals surface area contributed by atoms with E-state index >= 15 is 4.79 Å². The van der Waals surface area contributed by atoms with Crippen LogP contribution in [0.5, 0.6) is 0 Å². The Hall–Kier alpha value is -4.07. The highest BCUT2D eigenvalue weighted by Crippen LogP contribution is 2.42. The molecule has 5 fully saturated rings. The van der Waals surface area contributed by atoms with Gasteiger partial charge in [0, 0.05) is 32.5 Å². The van der Waals surface area contributed by atoms with Crippen LogP contribution >= 0.6 is 0 Å². The normalized spacial score (nSPS) is 36.6. The van der Waals surface area contributed by atoms with Crippen molar-refractivity contribution >= 4 is 41.4 Å². The fourth-order valence-corrected chi connectivity index (χ4v) is 10.1. The van der Waals surface area contributed by atoms with Gasteiger partial charge in [-0.3, -0.25) is 49.2 Å². The van der Waals surface area contributed by atoms with Crippen LogP contribution in [0.25, 0.3) is 0 Å². The molecule has 0 radical (unpaired) electrons. The number of cyclic esters (lactones) is 1. The highest BCUT2D eigenvalue weighted by molar-refractivity contribution is 5.98. The van der Waals surface area contributed by atoms with E-state index in [0.717, 1.165) is 41.6 Å². The number of hydrogen-bond donors (Lipinski definition) is 9. The van der Waals surface area contributed by atoms with Crippen LogP contribution in [0.4, 0.5) is 0 Å². The smallest absolute Gasteiger partial charge is 0.332 e. The zero-order chi connectivity index (χ0) is 51.0. The molecule has 0 aromatic rings. The molecule has 14 atom stereocenters. The molecular formula is C45H76N8O15. The third-order valence-electron chi connectivity index (χ3n) is 14.7. The molecule has 5 aliphatic rings. The van der Waals surface area contributed by atoms with Gasteiger partial charge in [0.15, 0.2) is 11.6 Å². The first-order valence-corrected chi connectivity index (χ1v) is 24.2. The predicted octanol–water partition coefficient (Wildman–Crippen LogP) is -0.704. The SMILES string of the molecule is CC[C@H](C)C[C@H]1CC[C@](O)([C@](C)(O)C(=O)N[C@@H]2C(=O)N3NCCC[C@@H]3C(=O)N(O)[C@@H](C)C(=O)N3NC[C@H](O)C[C@@H]3C(=O)N3CC[C@@](C)(O)[C@H]3C(=O)N(O)[C@@H](C(C)C)[13C](=O)O[C@H]2C(C)C)O[C@@H]1CC. The topological polar surface area (TPSA) is 312 Å². The van der Waals surface area contributed by atoms with Crippen molar-refractivity contribution in [2.75, 3.05) is 19.6 Å². The number of nitrogens with zero attached hydrogens (tertiary/aromatic N) is 5.